The summed E-state index contributed by atoms with van der Waals surface area (Å²) < 4.78 is 0. The van der Waals surface area contributed by atoms with Crippen LogP contribution in [0.5, 0.6) is 0 Å². The van der Waals surface area contributed by atoms with Crippen molar-refractivity contribution in [2.75, 3.05) is 0 Å². The van der Waals surface area contributed by atoms with Crippen molar-refractivity contribution in [2.24, 2.45) is 0 Å². The van der Waals surface area contributed by atoms with E-state index >= 15 is 0 Å². The van der Waals surface area contributed by atoms with Crippen LogP contribution in [0.2, 0.25) is 0 Å². The number of fused-ring (bicyclic) bond motifs is 9. The third kappa shape index (κ3) is 3.21. The van der Waals surface area contributed by atoms with Gasteiger partial charge in [0.05, 0.1) is 0 Å². The van der Waals surface area contributed by atoms with Crippen LogP contribution < -0.4 is 0 Å². The molecule has 0 radical (unpaired) electrons. The molecule has 0 bridgehead atoms. The van der Waals surface area contributed by atoms with Gasteiger partial charge >= 0.3 is 0 Å². The van der Waals surface area contributed by atoms with Crippen molar-refractivity contribution in [1.29, 1.82) is 0 Å². The highest BCUT2D eigenvalue weighted by atomic mass is 14.4. The van der Waals surface area contributed by atoms with E-state index in [0.29, 0.717) is 0 Å². The van der Waals surface area contributed by atoms with Crippen LogP contribution in [-0.2, 0) is 6.42 Å². The first kappa shape index (κ1) is 23.1. The number of hydrogen-bond acceptors (Lipinski definition) is 0. The first-order chi connectivity index (χ1) is 21.3. The van der Waals surface area contributed by atoms with Crippen LogP contribution in [0.1, 0.15) is 38.9 Å². The van der Waals surface area contributed by atoms with E-state index in [4.69, 9.17) is 0 Å². The smallest absolute Gasteiger partial charge is 0.000730 e. The summed E-state index contributed by atoms with van der Waals surface area (Å²) in [6.07, 6.45) is 3.40. The predicted octanol–water partition coefficient (Wildman–Crippen LogP) is 11.0. The predicted molar refractivity (Wildman–Crippen MR) is 183 cm³/mol. The van der Waals surface area contributed by atoms with E-state index in [1.165, 1.54) is 99.1 Å². The van der Waals surface area contributed by atoms with E-state index in [1.807, 2.05) is 0 Å². The molecular weight excluding hydrogens is 516 g/mol. The molecular formula is C43H26. The molecule has 0 aliphatic heterocycles. The zero-order chi connectivity index (χ0) is 28.1. The zero-order valence-electron chi connectivity index (χ0n) is 23.6. The van der Waals surface area contributed by atoms with E-state index in [0.717, 1.165) is 6.42 Å². The minimum absolute atomic E-state index is 0.959. The molecule has 0 atom stereocenters. The number of benzene rings is 7. The van der Waals surface area contributed by atoms with Crippen molar-refractivity contribution in [3.05, 3.63) is 184 Å². The first-order valence-corrected chi connectivity index (χ1v) is 15.1. The molecule has 0 heterocycles. The van der Waals surface area contributed by atoms with Gasteiger partial charge in [0, 0.05) is 0 Å². The summed E-state index contributed by atoms with van der Waals surface area (Å²) >= 11 is 0. The van der Waals surface area contributed by atoms with Crippen LogP contribution >= 0.6 is 0 Å². The molecule has 10 rings (SSSR count). The van der Waals surface area contributed by atoms with Crippen molar-refractivity contribution >= 4 is 60.7 Å². The Morgan fingerprint density at radius 2 is 0.837 bits per heavy atom. The lowest BCUT2D eigenvalue weighted by Gasteiger charge is -2.15. The van der Waals surface area contributed by atoms with E-state index in [1.54, 1.807) is 0 Å². The molecule has 0 saturated carbocycles. The molecule has 0 heteroatoms. The molecule has 0 unspecified atom stereocenters. The maximum atomic E-state index is 2.45. The van der Waals surface area contributed by atoms with Crippen molar-refractivity contribution in [3.8, 4) is 0 Å². The van der Waals surface area contributed by atoms with Crippen LogP contribution in [0.15, 0.2) is 145 Å². The molecule has 43 heavy (non-hydrogen) atoms. The van der Waals surface area contributed by atoms with Gasteiger partial charge in [-0.05, 0) is 130 Å². The second-order valence-electron chi connectivity index (χ2n) is 12.1. The van der Waals surface area contributed by atoms with Gasteiger partial charge in [-0.25, -0.2) is 0 Å². The lowest BCUT2D eigenvalue weighted by Crippen LogP contribution is -1.95. The molecule has 3 aliphatic carbocycles. The third-order valence-electron chi connectivity index (χ3n) is 9.74. The summed E-state index contributed by atoms with van der Waals surface area (Å²) in [5.74, 6) is 0. The van der Waals surface area contributed by atoms with E-state index in [2.05, 4.69) is 146 Å². The summed E-state index contributed by atoms with van der Waals surface area (Å²) in [7, 11) is 0. The average Bonchev–Trinajstić information content (AvgIpc) is 3.72. The van der Waals surface area contributed by atoms with Gasteiger partial charge in [0.15, 0.2) is 0 Å². The van der Waals surface area contributed by atoms with Crippen molar-refractivity contribution in [1.82, 2.24) is 0 Å². The molecule has 3 aliphatic rings. The molecule has 198 valence electrons. The Morgan fingerprint density at radius 1 is 0.349 bits per heavy atom. The summed E-state index contributed by atoms with van der Waals surface area (Å²) in [5.41, 5.74) is 16.4. The Morgan fingerprint density at radius 3 is 1.49 bits per heavy atom. The Balaban J connectivity index is 1.39. The molecule has 0 aromatic heterocycles. The molecule has 0 N–H and O–H groups in total. The summed E-state index contributed by atoms with van der Waals surface area (Å²) in [6.45, 7) is 0. The summed E-state index contributed by atoms with van der Waals surface area (Å²) in [6, 6.07) is 51.9. The second-order valence-corrected chi connectivity index (χ2v) is 12.1. The molecule has 0 nitrogen and oxygen atoms in total. The molecule has 7 aromatic carbocycles. The lowest BCUT2D eigenvalue weighted by molar-refractivity contribution is 1.25. The van der Waals surface area contributed by atoms with Gasteiger partial charge in [-0.15, -0.1) is 0 Å². The third-order valence-corrected chi connectivity index (χ3v) is 9.74. The topological polar surface area (TPSA) is 0 Å². The summed E-state index contributed by atoms with van der Waals surface area (Å²) in [5, 5.41) is 7.73. The van der Waals surface area contributed by atoms with Crippen LogP contribution in [0, 0.1) is 0 Å². The molecule has 0 amide bonds. The van der Waals surface area contributed by atoms with Gasteiger partial charge in [0.1, 0.15) is 0 Å². The van der Waals surface area contributed by atoms with E-state index < -0.39 is 0 Å². The number of rotatable bonds is 2. The molecule has 0 fully saturated rings. The van der Waals surface area contributed by atoms with Gasteiger partial charge in [-0.3, -0.25) is 0 Å². The highest BCUT2D eigenvalue weighted by Gasteiger charge is 2.39. The second kappa shape index (κ2) is 8.53. The molecule has 0 saturated heterocycles. The Kier molecular flexibility index (Phi) is 4.59. The van der Waals surface area contributed by atoms with Crippen LogP contribution in [0.3, 0.4) is 0 Å². The van der Waals surface area contributed by atoms with Gasteiger partial charge in [-0.1, -0.05) is 121 Å². The highest BCUT2D eigenvalue weighted by molar-refractivity contribution is 6.37. The Bertz CT molecular complexity index is 2460. The van der Waals surface area contributed by atoms with E-state index in [9.17, 15) is 0 Å². The fourth-order valence-electron chi connectivity index (χ4n) is 7.86. The van der Waals surface area contributed by atoms with Crippen LogP contribution in [-0.4, -0.2) is 0 Å². The van der Waals surface area contributed by atoms with Gasteiger partial charge in [-0.2, -0.15) is 0 Å². The lowest BCUT2D eigenvalue weighted by atomic mass is 9.88. The largest absolute Gasteiger partial charge is 0.0619 e. The fraction of sp³-hybridized carbons (Fsp3) is 0.0233. The zero-order valence-corrected chi connectivity index (χ0v) is 23.6. The van der Waals surface area contributed by atoms with Crippen LogP contribution in [0.25, 0.3) is 60.7 Å². The minimum Gasteiger partial charge on any atom is -0.0619 e. The average molecular weight is 543 g/mol. The monoisotopic (exact) mass is 542 g/mol. The van der Waals surface area contributed by atoms with Crippen LogP contribution in [0.4, 0.5) is 0 Å². The fourth-order valence-corrected chi connectivity index (χ4v) is 7.86. The van der Waals surface area contributed by atoms with Crippen molar-refractivity contribution in [3.63, 3.8) is 0 Å². The Hall–Kier alpha value is -5.46. The van der Waals surface area contributed by atoms with Gasteiger partial charge in [0.2, 0.25) is 0 Å². The molecule has 0 spiro atoms. The standard InChI is InChI=1S/C43H26/c1-2-12-28-21-33(20-27(28)11-1)40-36-22-29-13-3-5-15-31(29)24-38(36)43-41(35-19-9-17-26-10-7-8-18-34(26)35)37-23-30-14-4-6-16-32(30)25-39(37)42(40)43/h1-20,22-25H,21H2. The quantitative estimate of drug-likeness (QED) is 0.204. The molecule has 7 aromatic rings. The van der Waals surface area contributed by atoms with Gasteiger partial charge in [0.25, 0.3) is 0 Å². The maximum absolute atomic E-state index is 2.45. The maximum Gasteiger partial charge on any atom is -0.000730 e. The summed E-state index contributed by atoms with van der Waals surface area (Å²) in [4.78, 5) is 0. The van der Waals surface area contributed by atoms with Crippen molar-refractivity contribution in [2.45, 2.75) is 6.42 Å². The number of allylic oxidation sites excluding steroid dienone is 4. The minimum atomic E-state index is 0.959. The highest BCUT2D eigenvalue weighted by Crippen LogP contribution is 2.60. The van der Waals surface area contributed by atoms with Crippen molar-refractivity contribution < 1.29 is 0 Å². The Labute approximate surface area is 250 Å². The SMILES string of the molecule is C1=C(C2=C3C(=C(c4cccc5ccccc45)c4cc5ccccc5cc43)c3cc4ccccc4cc32)Cc2ccccc21. The number of hydrogen-bond donors (Lipinski definition) is 0. The van der Waals surface area contributed by atoms with E-state index in [-0.39, 0.29) is 0 Å². The first-order valence-electron chi connectivity index (χ1n) is 15.1. The normalized spacial score (nSPS) is 14.8. The van der Waals surface area contributed by atoms with Gasteiger partial charge < -0.3 is 0 Å².